The number of hydrogen-bond donors (Lipinski definition) is 2. The van der Waals surface area contributed by atoms with Crippen LogP contribution in [0.3, 0.4) is 0 Å². The van der Waals surface area contributed by atoms with E-state index in [1.165, 1.54) is 40.7 Å². The molecule has 1 aliphatic heterocycles. The molecule has 14 heteroatoms. The Labute approximate surface area is 220 Å². The van der Waals surface area contributed by atoms with Crippen LogP contribution in [0.25, 0.3) is 0 Å². The summed E-state index contributed by atoms with van der Waals surface area (Å²) in [7, 11) is -3.77. The van der Waals surface area contributed by atoms with Crippen LogP contribution < -0.4 is 10.6 Å². The minimum absolute atomic E-state index is 0.0823. The van der Waals surface area contributed by atoms with Crippen LogP contribution >= 0.6 is 11.3 Å². The summed E-state index contributed by atoms with van der Waals surface area (Å²) in [6.45, 7) is 0.505. The van der Waals surface area contributed by atoms with Gasteiger partial charge in [-0.3, -0.25) is 14.9 Å². The molecule has 2 aromatic carbocycles. The Bertz CT molecular complexity index is 1420. The first-order valence-corrected chi connectivity index (χ1v) is 13.7. The molecule has 0 radical (unpaired) electrons. The average Bonchev–Trinajstić information content (AvgIpc) is 3.37. The molecule has 0 atom stereocenters. The number of thiophene rings is 1. The van der Waals surface area contributed by atoms with Gasteiger partial charge in [-0.1, -0.05) is 6.07 Å². The van der Waals surface area contributed by atoms with Crippen LogP contribution in [-0.4, -0.2) is 42.7 Å². The maximum absolute atomic E-state index is 13.1. The molecule has 0 saturated carbocycles. The van der Waals surface area contributed by atoms with E-state index in [-0.39, 0.29) is 41.1 Å². The summed E-state index contributed by atoms with van der Waals surface area (Å²) in [6.07, 6.45) is -3.58. The van der Waals surface area contributed by atoms with Crippen molar-refractivity contribution in [1.29, 1.82) is 0 Å². The van der Waals surface area contributed by atoms with Gasteiger partial charge in [-0.25, -0.2) is 8.42 Å². The standard InChI is InChI=1S/C24H23F3N4O5S2/c25-24(26,27)17-2-1-3-19(14-17)29-18-10-12-30(13-11-18)38(35,36)22-9-8-21(37-22)15-28-23(32)16-4-6-20(7-5-16)31(33)34/h1-9,14,18,29H,10-13,15H2,(H,28,32). The highest BCUT2D eigenvalue weighted by molar-refractivity contribution is 7.91. The Morgan fingerprint density at radius 2 is 1.76 bits per heavy atom. The molecule has 0 bridgehead atoms. The SMILES string of the molecule is O=C(NCc1ccc(S(=O)(=O)N2CCC(Nc3cccc(C(F)(F)F)c3)CC2)s1)c1ccc([N+](=O)[O-])cc1. The van der Waals surface area contributed by atoms with Crippen LogP contribution in [0.1, 0.15) is 33.6 Å². The van der Waals surface area contributed by atoms with Gasteiger partial charge in [0.1, 0.15) is 4.21 Å². The molecule has 38 heavy (non-hydrogen) atoms. The Morgan fingerprint density at radius 1 is 1.08 bits per heavy atom. The molecule has 1 fully saturated rings. The molecular weight excluding hydrogens is 545 g/mol. The maximum Gasteiger partial charge on any atom is 0.416 e. The smallest absolute Gasteiger partial charge is 0.382 e. The van der Waals surface area contributed by atoms with Gasteiger partial charge in [0.2, 0.25) is 0 Å². The van der Waals surface area contributed by atoms with Crippen molar-refractivity contribution in [1.82, 2.24) is 9.62 Å². The minimum atomic E-state index is -4.44. The van der Waals surface area contributed by atoms with Crippen LogP contribution in [0.15, 0.2) is 64.9 Å². The van der Waals surface area contributed by atoms with Crippen LogP contribution in [0.2, 0.25) is 0 Å². The summed E-state index contributed by atoms with van der Waals surface area (Å²) in [5, 5.41) is 16.5. The summed E-state index contributed by atoms with van der Waals surface area (Å²) >= 11 is 1.03. The van der Waals surface area contributed by atoms with E-state index < -0.39 is 32.6 Å². The quantitative estimate of drug-likeness (QED) is 0.295. The Kier molecular flexibility index (Phi) is 8.04. The molecule has 0 spiro atoms. The number of carbonyl (C=O) groups excluding carboxylic acids is 1. The fraction of sp³-hybridized carbons (Fsp3) is 0.292. The highest BCUT2D eigenvalue weighted by Crippen LogP contribution is 2.32. The average molecular weight is 569 g/mol. The lowest BCUT2D eigenvalue weighted by Crippen LogP contribution is -2.42. The number of halogens is 3. The zero-order valence-corrected chi connectivity index (χ0v) is 21.4. The first kappa shape index (κ1) is 27.5. The second-order valence-electron chi connectivity index (χ2n) is 8.61. The Morgan fingerprint density at radius 3 is 2.39 bits per heavy atom. The lowest BCUT2D eigenvalue weighted by Gasteiger charge is -2.32. The molecule has 1 saturated heterocycles. The van der Waals surface area contributed by atoms with Crippen LogP contribution in [0.4, 0.5) is 24.5 Å². The fourth-order valence-electron chi connectivity index (χ4n) is 3.98. The lowest BCUT2D eigenvalue weighted by molar-refractivity contribution is -0.384. The zero-order chi connectivity index (χ0) is 27.5. The van der Waals surface area contributed by atoms with Gasteiger partial charge in [-0.05, 0) is 55.3 Å². The summed E-state index contributed by atoms with van der Waals surface area (Å²) in [5.74, 6) is -0.451. The predicted octanol–water partition coefficient (Wildman–Crippen LogP) is 4.87. The molecule has 1 aliphatic rings. The molecule has 2 heterocycles. The van der Waals surface area contributed by atoms with Gasteiger partial charge < -0.3 is 10.6 Å². The third-order valence-corrected chi connectivity index (χ3v) is 9.46. The van der Waals surface area contributed by atoms with Gasteiger partial charge in [0.25, 0.3) is 21.6 Å². The zero-order valence-electron chi connectivity index (χ0n) is 19.8. The molecule has 3 aromatic rings. The number of hydrogen-bond acceptors (Lipinski definition) is 7. The number of sulfonamides is 1. The van der Waals surface area contributed by atoms with E-state index in [1.807, 2.05) is 0 Å². The van der Waals surface area contributed by atoms with Crippen molar-refractivity contribution in [2.24, 2.45) is 0 Å². The summed E-state index contributed by atoms with van der Waals surface area (Å²) in [5.41, 5.74) is -0.313. The first-order chi connectivity index (χ1) is 17.9. The van der Waals surface area contributed by atoms with E-state index >= 15 is 0 Å². The third kappa shape index (κ3) is 6.49. The minimum Gasteiger partial charge on any atom is -0.382 e. The van der Waals surface area contributed by atoms with Crippen molar-refractivity contribution in [3.8, 4) is 0 Å². The molecule has 9 nitrogen and oxygen atoms in total. The van der Waals surface area contributed by atoms with E-state index in [4.69, 9.17) is 0 Å². The number of nitro benzene ring substituents is 1. The topological polar surface area (TPSA) is 122 Å². The van der Waals surface area contributed by atoms with Crippen molar-refractivity contribution < 1.29 is 31.3 Å². The van der Waals surface area contributed by atoms with Crippen LogP contribution in [-0.2, 0) is 22.7 Å². The van der Waals surface area contributed by atoms with Gasteiger partial charge in [-0.2, -0.15) is 17.5 Å². The van der Waals surface area contributed by atoms with Crippen LogP contribution in [0, 0.1) is 10.1 Å². The van der Waals surface area contributed by atoms with Gasteiger partial charge in [0.05, 0.1) is 17.0 Å². The van der Waals surface area contributed by atoms with E-state index in [1.54, 1.807) is 12.1 Å². The Hall–Kier alpha value is -3.49. The normalized spacial score (nSPS) is 15.2. The number of nitrogens with one attached hydrogen (secondary N) is 2. The fourth-order valence-corrected chi connectivity index (χ4v) is 6.90. The number of alkyl halides is 3. The van der Waals surface area contributed by atoms with Gasteiger partial charge in [0.15, 0.2) is 0 Å². The van der Waals surface area contributed by atoms with E-state index in [0.717, 1.165) is 23.5 Å². The third-order valence-electron chi connectivity index (χ3n) is 6.01. The lowest BCUT2D eigenvalue weighted by atomic mass is 10.1. The van der Waals surface area contributed by atoms with E-state index in [2.05, 4.69) is 10.6 Å². The first-order valence-electron chi connectivity index (χ1n) is 11.5. The summed E-state index contributed by atoms with van der Waals surface area (Å²) in [4.78, 5) is 23.1. The summed E-state index contributed by atoms with van der Waals surface area (Å²) in [6, 6.07) is 12.9. The predicted molar refractivity (Wildman–Crippen MR) is 135 cm³/mol. The summed E-state index contributed by atoms with van der Waals surface area (Å²) < 4.78 is 66.6. The maximum atomic E-state index is 13.1. The molecule has 1 aromatic heterocycles. The number of nitro groups is 1. The number of piperidine rings is 1. The second-order valence-corrected chi connectivity index (χ2v) is 11.9. The van der Waals surface area contributed by atoms with Gasteiger partial charge in [-0.15, -0.1) is 11.3 Å². The number of nitrogens with zero attached hydrogens (tertiary/aromatic N) is 2. The highest BCUT2D eigenvalue weighted by Gasteiger charge is 2.32. The number of non-ortho nitro benzene ring substituents is 1. The molecular formula is C24H23F3N4O5S2. The van der Waals surface area contributed by atoms with Crippen molar-refractivity contribution in [2.75, 3.05) is 18.4 Å². The monoisotopic (exact) mass is 568 g/mol. The van der Waals surface area contributed by atoms with Gasteiger partial charge >= 0.3 is 6.18 Å². The largest absolute Gasteiger partial charge is 0.416 e. The second kappa shape index (κ2) is 11.1. The van der Waals surface area contributed by atoms with Crippen molar-refractivity contribution in [3.05, 3.63) is 86.8 Å². The van der Waals surface area contributed by atoms with E-state index in [0.29, 0.717) is 23.4 Å². The van der Waals surface area contributed by atoms with Gasteiger partial charge in [0, 0.05) is 47.4 Å². The number of amides is 1. The molecule has 1 amide bonds. The number of carbonyl (C=O) groups is 1. The molecule has 0 unspecified atom stereocenters. The molecule has 4 rings (SSSR count). The number of rotatable bonds is 8. The van der Waals surface area contributed by atoms with Crippen molar-refractivity contribution >= 4 is 38.6 Å². The number of anilines is 1. The number of benzene rings is 2. The highest BCUT2D eigenvalue weighted by atomic mass is 32.2. The molecule has 202 valence electrons. The van der Waals surface area contributed by atoms with Crippen LogP contribution in [0.5, 0.6) is 0 Å². The Balaban J connectivity index is 1.31. The molecule has 0 aliphatic carbocycles. The van der Waals surface area contributed by atoms with E-state index in [9.17, 15) is 36.5 Å². The molecule has 2 N–H and O–H groups in total. The van der Waals surface area contributed by atoms with Crippen molar-refractivity contribution in [3.63, 3.8) is 0 Å². The van der Waals surface area contributed by atoms with Crippen molar-refractivity contribution in [2.45, 2.75) is 35.8 Å².